The Labute approximate surface area is 177 Å². The van der Waals surface area contributed by atoms with E-state index in [2.05, 4.69) is 10.6 Å². The van der Waals surface area contributed by atoms with Gasteiger partial charge >= 0.3 is 0 Å². The second-order valence-electron chi connectivity index (χ2n) is 7.25. The van der Waals surface area contributed by atoms with Crippen LogP contribution in [0.15, 0.2) is 30.3 Å². The molecule has 2 N–H and O–H groups in total. The Morgan fingerprint density at radius 1 is 1.10 bits per heavy atom. The van der Waals surface area contributed by atoms with Crippen LogP contribution in [0.2, 0.25) is 5.02 Å². The molecule has 0 spiro atoms. The van der Waals surface area contributed by atoms with Crippen molar-refractivity contribution in [1.82, 2.24) is 4.90 Å². The van der Waals surface area contributed by atoms with Gasteiger partial charge in [-0.25, -0.2) is 0 Å². The van der Waals surface area contributed by atoms with Crippen LogP contribution >= 0.6 is 11.6 Å². The summed E-state index contributed by atoms with van der Waals surface area (Å²) in [4.78, 5) is 26.8. The molecule has 156 valence electrons. The number of amides is 2. The molecule has 0 aliphatic carbocycles. The fourth-order valence-electron chi connectivity index (χ4n) is 3.14. The van der Waals surface area contributed by atoms with E-state index in [1.54, 1.807) is 37.1 Å². The number of anilines is 2. The van der Waals surface area contributed by atoms with Crippen LogP contribution in [0.5, 0.6) is 5.75 Å². The molecule has 2 aromatic rings. The standard InChI is InChI=1S/C22H28ClN3O3/c1-13-9-14(2)21(15(3)10-13)25-22(28)16(4)26(5)12-20(27)24-18-11-17(23)7-8-19(18)29-6/h7-11,16H,12H2,1-6H3,(H,24,27)(H,25,28)/t16-/m0/s1. The molecule has 2 rings (SSSR count). The number of halogens is 1. The van der Waals surface area contributed by atoms with Gasteiger partial charge < -0.3 is 15.4 Å². The van der Waals surface area contributed by atoms with Gasteiger partial charge in [0.1, 0.15) is 5.75 Å². The van der Waals surface area contributed by atoms with Crippen LogP contribution in [-0.2, 0) is 9.59 Å². The van der Waals surface area contributed by atoms with Crippen molar-refractivity contribution in [3.05, 3.63) is 52.0 Å². The van der Waals surface area contributed by atoms with Gasteiger partial charge in [-0.05, 0) is 64.1 Å². The van der Waals surface area contributed by atoms with Crippen molar-refractivity contribution in [2.24, 2.45) is 0 Å². The first-order valence-corrected chi connectivity index (χ1v) is 9.72. The Balaban J connectivity index is 2.01. The third kappa shape index (κ3) is 5.95. The topological polar surface area (TPSA) is 70.7 Å². The van der Waals surface area contributed by atoms with Crippen LogP contribution in [0.4, 0.5) is 11.4 Å². The molecule has 0 saturated carbocycles. The number of carbonyl (C=O) groups is 2. The first kappa shape index (κ1) is 22.7. The quantitative estimate of drug-likeness (QED) is 0.709. The largest absolute Gasteiger partial charge is 0.495 e. The summed E-state index contributed by atoms with van der Waals surface area (Å²) in [6.07, 6.45) is 0. The summed E-state index contributed by atoms with van der Waals surface area (Å²) < 4.78 is 5.24. The molecule has 0 fully saturated rings. The molecule has 6 nitrogen and oxygen atoms in total. The third-order valence-electron chi connectivity index (χ3n) is 4.79. The predicted molar refractivity (Wildman–Crippen MR) is 118 cm³/mol. The number of carbonyl (C=O) groups excluding carboxylic acids is 2. The second-order valence-corrected chi connectivity index (χ2v) is 7.68. The lowest BCUT2D eigenvalue weighted by atomic mass is 10.0. The lowest BCUT2D eigenvalue weighted by Crippen LogP contribution is -2.43. The fourth-order valence-corrected chi connectivity index (χ4v) is 3.31. The molecule has 2 amide bonds. The molecule has 0 aromatic heterocycles. The molecule has 2 aromatic carbocycles. The molecular weight excluding hydrogens is 390 g/mol. The molecule has 0 saturated heterocycles. The Hall–Kier alpha value is -2.57. The van der Waals surface area contributed by atoms with Crippen molar-refractivity contribution in [1.29, 1.82) is 0 Å². The molecule has 29 heavy (non-hydrogen) atoms. The molecule has 1 atom stereocenters. The summed E-state index contributed by atoms with van der Waals surface area (Å²) in [6, 6.07) is 8.55. The van der Waals surface area contributed by atoms with Crippen molar-refractivity contribution in [3.8, 4) is 5.75 Å². The molecule has 0 aliphatic heterocycles. The minimum atomic E-state index is -0.498. The van der Waals surface area contributed by atoms with Crippen LogP contribution < -0.4 is 15.4 Å². The summed E-state index contributed by atoms with van der Waals surface area (Å²) >= 11 is 6.00. The maximum absolute atomic E-state index is 12.7. The average Bonchev–Trinajstić information content (AvgIpc) is 2.63. The van der Waals surface area contributed by atoms with Crippen LogP contribution in [-0.4, -0.2) is 43.5 Å². The van der Waals surface area contributed by atoms with Crippen LogP contribution in [0, 0.1) is 20.8 Å². The maximum Gasteiger partial charge on any atom is 0.241 e. The van der Waals surface area contributed by atoms with Crippen molar-refractivity contribution in [3.63, 3.8) is 0 Å². The van der Waals surface area contributed by atoms with E-state index in [9.17, 15) is 9.59 Å². The first-order chi connectivity index (χ1) is 13.6. The number of likely N-dealkylation sites (N-methyl/N-ethyl adjacent to an activating group) is 1. The highest BCUT2D eigenvalue weighted by molar-refractivity contribution is 6.31. The number of hydrogen-bond acceptors (Lipinski definition) is 4. The van der Waals surface area contributed by atoms with Crippen molar-refractivity contribution < 1.29 is 14.3 Å². The smallest absolute Gasteiger partial charge is 0.241 e. The Kier molecular flexibility index (Phi) is 7.65. The first-order valence-electron chi connectivity index (χ1n) is 9.34. The molecule has 0 unspecified atom stereocenters. The summed E-state index contributed by atoms with van der Waals surface area (Å²) in [6.45, 7) is 7.76. The van der Waals surface area contributed by atoms with Gasteiger partial charge in [0.15, 0.2) is 0 Å². The lowest BCUT2D eigenvalue weighted by Gasteiger charge is -2.24. The van der Waals surface area contributed by atoms with E-state index >= 15 is 0 Å². The zero-order valence-corrected chi connectivity index (χ0v) is 18.5. The number of rotatable bonds is 7. The number of benzene rings is 2. The minimum Gasteiger partial charge on any atom is -0.495 e. The van der Waals surface area contributed by atoms with Gasteiger partial charge in [-0.15, -0.1) is 0 Å². The van der Waals surface area contributed by atoms with Crippen molar-refractivity contribution in [2.75, 3.05) is 31.3 Å². The maximum atomic E-state index is 12.7. The van der Waals surface area contributed by atoms with E-state index in [1.165, 1.54) is 7.11 Å². The monoisotopic (exact) mass is 417 g/mol. The predicted octanol–water partition coefficient (Wildman–Crippen LogP) is 4.17. The zero-order chi connectivity index (χ0) is 21.7. The number of hydrogen-bond donors (Lipinski definition) is 2. The van der Waals surface area contributed by atoms with Gasteiger partial charge in [0, 0.05) is 10.7 Å². The van der Waals surface area contributed by atoms with Gasteiger partial charge in [0.25, 0.3) is 0 Å². The average molecular weight is 418 g/mol. The molecule has 0 radical (unpaired) electrons. The Morgan fingerprint density at radius 2 is 1.72 bits per heavy atom. The van der Waals surface area contributed by atoms with Gasteiger partial charge in [0.05, 0.1) is 25.4 Å². The Bertz CT molecular complexity index is 891. The molecule has 0 heterocycles. The summed E-state index contributed by atoms with van der Waals surface area (Å²) in [5.41, 5.74) is 4.47. The number of ether oxygens (including phenoxy) is 1. The lowest BCUT2D eigenvalue weighted by molar-refractivity contribution is -0.122. The van der Waals surface area contributed by atoms with Gasteiger partial charge in [0.2, 0.25) is 11.8 Å². The van der Waals surface area contributed by atoms with Crippen LogP contribution in [0.3, 0.4) is 0 Å². The number of methoxy groups -OCH3 is 1. The highest BCUT2D eigenvalue weighted by atomic mass is 35.5. The van der Waals surface area contributed by atoms with E-state index < -0.39 is 6.04 Å². The number of nitrogens with one attached hydrogen (secondary N) is 2. The minimum absolute atomic E-state index is 0.0378. The third-order valence-corrected chi connectivity index (χ3v) is 5.03. The van der Waals surface area contributed by atoms with Gasteiger partial charge in [-0.3, -0.25) is 14.5 Å². The van der Waals surface area contributed by atoms with Crippen LogP contribution in [0.1, 0.15) is 23.6 Å². The van der Waals surface area contributed by atoms with E-state index in [0.717, 1.165) is 22.4 Å². The summed E-state index contributed by atoms with van der Waals surface area (Å²) in [7, 11) is 3.25. The summed E-state index contributed by atoms with van der Waals surface area (Å²) in [5, 5.41) is 6.26. The molecule has 7 heteroatoms. The van der Waals surface area contributed by atoms with Gasteiger partial charge in [-0.2, -0.15) is 0 Å². The molecule has 0 aliphatic rings. The summed E-state index contributed by atoms with van der Waals surface area (Å²) in [5.74, 6) is 0.0765. The molecule has 0 bridgehead atoms. The highest BCUT2D eigenvalue weighted by Crippen LogP contribution is 2.27. The highest BCUT2D eigenvalue weighted by Gasteiger charge is 2.22. The zero-order valence-electron chi connectivity index (χ0n) is 17.7. The molecular formula is C22H28ClN3O3. The van der Waals surface area contributed by atoms with Crippen molar-refractivity contribution >= 4 is 34.8 Å². The Morgan fingerprint density at radius 3 is 2.31 bits per heavy atom. The second kappa shape index (κ2) is 9.76. The van der Waals surface area contributed by atoms with E-state index in [-0.39, 0.29) is 18.4 Å². The van der Waals surface area contributed by atoms with E-state index in [4.69, 9.17) is 16.3 Å². The van der Waals surface area contributed by atoms with E-state index in [0.29, 0.717) is 16.5 Å². The van der Waals surface area contributed by atoms with Crippen LogP contribution in [0.25, 0.3) is 0 Å². The fraction of sp³-hybridized carbons (Fsp3) is 0.364. The number of aryl methyl sites for hydroxylation is 3. The normalized spacial score (nSPS) is 11.9. The van der Waals surface area contributed by atoms with Gasteiger partial charge in [-0.1, -0.05) is 29.3 Å². The van der Waals surface area contributed by atoms with Crippen molar-refractivity contribution in [2.45, 2.75) is 33.7 Å². The number of nitrogens with zero attached hydrogens (tertiary/aromatic N) is 1. The van der Waals surface area contributed by atoms with E-state index in [1.807, 2.05) is 32.9 Å². The SMILES string of the molecule is COc1ccc(Cl)cc1NC(=O)CN(C)[C@@H](C)C(=O)Nc1c(C)cc(C)cc1C.